The Balaban J connectivity index is 1.41. The number of rotatable bonds is 8. The number of hydrogen-bond acceptors (Lipinski definition) is 7. The maximum atomic E-state index is 12.4. The summed E-state index contributed by atoms with van der Waals surface area (Å²) in [5, 5.41) is 13.3. The standard InChI is InChI=1S/C25H25ClN6O5S/c1-4-22-29-23-15(2)13-16(3)28-24(23)31(22)18-7-5-17(6-8-18)11-12-27-25(33)30-38(36,37)19-9-10-20(26)21(14-19)32(34)35/h5-10,13-14H,4,11-12H2,1-3H3,(H2,27,30,33). The van der Waals surface area contributed by atoms with Gasteiger partial charge in [0.2, 0.25) is 0 Å². The zero-order chi connectivity index (χ0) is 27.6. The molecule has 11 nitrogen and oxygen atoms in total. The van der Waals surface area contributed by atoms with Crippen LogP contribution in [-0.4, -0.2) is 40.5 Å². The highest BCUT2D eigenvalue weighted by molar-refractivity contribution is 7.90. The van der Waals surface area contributed by atoms with Gasteiger partial charge in [0.05, 0.1) is 9.82 Å². The van der Waals surface area contributed by atoms with Gasteiger partial charge < -0.3 is 5.32 Å². The fourth-order valence-electron chi connectivity index (χ4n) is 4.06. The maximum absolute atomic E-state index is 12.4. The SMILES string of the molecule is CCc1nc2c(C)cc(C)nc2n1-c1ccc(CCNC(=O)NS(=O)(=O)c2ccc(Cl)c([N+](=O)[O-])c2)cc1. The number of sulfonamides is 1. The predicted octanol–water partition coefficient (Wildman–Crippen LogP) is 4.39. The molecule has 0 saturated heterocycles. The summed E-state index contributed by atoms with van der Waals surface area (Å²) in [4.78, 5) is 31.4. The Labute approximate surface area is 224 Å². The molecule has 0 atom stereocenters. The summed E-state index contributed by atoms with van der Waals surface area (Å²) >= 11 is 5.72. The van der Waals surface area contributed by atoms with E-state index in [0.29, 0.717) is 6.42 Å². The molecular formula is C25H25ClN6O5S. The zero-order valence-electron chi connectivity index (χ0n) is 20.9. The van der Waals surface area contributed by atoms with Crippen LogP contribution in [-0.2, 0) is 22.9 Å². The van der Waals surface area contributed by atoms with Gasteiger partial charge in [0.15, 0.2) is 5.65 Å². The Hall–Kier alpha value is -4.03. The third-order valence-corrected chi connectivity index (χ3v) is 7.51. The molecule has 0 fully saturated rings. The lowest BCUT2D eigenvalue weighted by Crippen LogP contribution is -2.40. The lowest BCUT2D eigenvalue weighted by atomic mass is 10.1. The number of imidazole rings is 1. The summed E-state index contributed by atoms with van der Waals surface area (Å²) in [7, 11) is -4.33. The number of nitro groups is 1. The zero-order valence-corrected chi connectivity index (χ0v) is 22.4. The van der Waals surface area contributed by atoms with Crippen molar-refractivity contribution in [3.63, 3.8) is 0 Å². The number of hydrogen-bond donors (Lipinski definition) is 2. The Kier molecular flexibility index (Phi) is 7.65. The average Bonchev–Trinajstić information content (AvgIpc) is 3.23. The van der Waals surface area contributed by atoms with Crippen LogP contribution >= 0.6 is 11.6 Å². The van der Waals surface area contributed by atoms with E-state index in [1.807, 2.05) is 60.4 Å². The maximum Gasteiger partial charge on any atom is 0.328 e. The number of carbonyl (C=O) groups excluding carboxylic acids is 1. The van der Waals surface area contributed by atoms with Crippen LogP contribution in [0.4, 0.5) is 10.5 Å². The van der Waals surface area contributed by atoms with Gasteiger partial charge in [-0.25, -0.2) is 27.9 Å². The topological polar surface area (TPSA) is 149 Å². The molecule has 38 heavy (non-hydrogen) atoms. The number of pyridine rings is 1. The van der Waals surface area contributed by atoms with E-state index in [1.54, 1.807) is 0 Å². The Morgan fingerprint density at radius 1 is 1.11 bits per heavy atom. The molecule has 0 bridgehead atoms. The molecule has 2 N–H and O–H groups in total. The number of nitrogens with one attached hydrogen (secondary N) is 2. The molecule has 13 heteroatoms. The van der Waals surface area contributed by atoms with Crippen molar-refractivity contribution in [1.29, 1.82) is 0 Å². The summed E-state index contributed by atoms with van der Waals surface area (Å²) in [6.45, 7) is 6.17. The predicted molar refractivity (Wildman–Crippen MR) is 143 cm³/mol. The molecule has 4 aromatic rings. The van der Waals surface area contributed by atoms with Crippen LogP contribution in [0.2, 0.25) is 5.02 Å². The number of aryl methyl sites for hydroxylation is 3. The summed E-state index contributed by atoms with van der Waals surface area (Å²) in [5.74, 6) is 0.902. The molecule has 2 heterocycles. The molecule has 2 aromatic heterocycles. The monoisotopic (exact) mass is 556 g/mol. The molecule has 2 aromatic carbocycles. The van der Waals surface area contributed by atoms with Gasteiger partial charge in [-0.15, -0.1) is 0 Å². The van der Waals surface area contributed by atoms with Gasteiger partial charge in [-0.3, -0.25) is 14.7 Å². The Morgan fingerprint density at radius 3 is 2.47 bits per heavy atom. The van der Waals surface area contributed by atoms with E-state index in [4.69, 9.17) is 21.6 Å². The first kappa shape index (κ1) is 27.0. The van der Waals surface area contributed by atoms with Crippen LogP contribution in [0, 0.1) is 24.0 Å². The van der Waals surface area contributed by atoms with Crippen molar-refractivity contribution in [2.75, 3.05) is 6.54 Å². The van der Waals surface area contributed by atoms with Crippen molar-refractivity contribution < 1.29 is 18.1 Å². The minimum Gasteiger partial charge on any atom is -0.337 e. The third kappa shape index (κ3) is 5.60. The molecule has 198 valence electrons. The van der Waals surface area contributed by atoms with Gasteiger partial charge in [0.25, 0.3) is 15.7 Å². The number of fused-ring (bicyclic) bond motifs is 1. The van der Waals surface area contributed by atoms with Crippen LogP contribution in [0.5, 0.6) is 0 Å². The van der Waals surface area contributed by atoms with Crippen molar-refractivity contribution in [2.45, 2.75) is 38.5 Å². The van der Waals surface area contributed by atoms with Crippen molar-refractivity contribution in [3.8, 4) is 5.69 Å². The van der Waals surface area contributed by atoms with Crippen LogP contribution in [0.15, 0.2) is 53.4 Å². The number of amides is 2. The van der Waals surface area contributed by atoms with Crippen molar-refractivity contribution >= 4 is 44.5 Å². The van der Waals surface area contributed by atoms with Gasteiger partial charge in [0.1, 0.15) is 16.4 Å². The Bertz CT molecular complexity index is 1650. The molecule has 2 amide bonds. The van der Waals surface area contributed by atoms with Crippen molar-refractivity contribution in [3.05, 3.63) is 86.3 Å². The smallest absolute Gasteiger partial charge is 0.328 e. The summed E-state index contributed by atoms with van der Waals surface area (Å²) in [6.07, 6.45) is 1.18. The van der Waals surface area contributed by atoms with E-state index in [0.717, 1.165) is 64.1 Å². The first-order valence-corrected chi connectivity index (χ1v) is 13.6. The van der Waals surface area contributed by atoms with Crippen molar-refractivity contribution in [1.82, 2.24) is 24.6 Å². The number of aromatic nitrogens is 3. The molecule has 0 aliphatic heterocycles. The van der Waals surface area contributed by atoms with Gasteiger partial charge in [-0.05, 0) is 61.7 Å². The second-order valence-corrected chi connectivity index (χ2v) is 10.7. The molecule has 4 rings (SSSR count). The van der Waals surface area contributed by atoms with Gasteiger partial charge in [-0.1, -0.05) is 30.7 Å². The van der Waals surface area contributed by atoms with E-state index in [1.165, 1.54) is 0 Å². The molecule has 0 spiro atoms. The molecule has 0 unspecified atom stereocenters. The van der Waals surface area contributed by atoms with Gasteiger partial charge in [-0.2, -0.15) is 0 Å². The molecule has 0 aliphatic rings. The number of urea groups is 1. The van der Waals surface area contributed by atoms with Crippen LogP contribution < -0.4 is 10.0 Å². The fourth-order valence-corrected chi connectivity index (χ4v) is 5.20. The lowest BCUT2D eigenvalue weighted by molar-refractivity contribution is -0.384. The summed E-state index contributed by atoms with van der Waals surface area (Å²) in [6, 6.07) is 11.8. The molecule has 0 saturated carbocycles. The van der Waals surface area contributed by atoms with Gasteiger partial charge >= 0.3 is 6.03 Å². The van der Waals surface area contributed by atoms with Crippen LogP contribution in [0.1, 0.15) is 29.6 Å². The third-order valence-electron chi connectivity index (χ3n) is 5.87. The van der Waals surface area contributed by atoms with E-state index in [9.17, 15) is 23.3 Å². The molecule has 0 aliphatic carbocycles. The highest BCUT2D eigenvalue weighted by Gasteiger charge is 2.22. The van der Waals surface area contributed by atoms with E-state index >= 15 is 0 Å². The largest absolute Gasteiger partial charge is 0.337 e. The summed E-state index contributed by atoms with van der Waals surface area (Å²) < 4.78 is 28.8. The number of nitrogens with zero attached hydrogens (tertiary/aromatic N) is 4. The highest BCUT2D eigenvalue weighted by Crippen LogP contribution is 2.27. The number of nitro benzene ring substituents is 1. The number of halogens is 1. The minimum absolute atomic E-state index is 0.162. The highest BCUT2D eigenvalue weighted by atomic mass is 35.5. The quantitative estimate of drug-likeness (QED) is 0.241. The van der Waals surface area contributed by atoms with Gasteiger partial charge in [0, 0.05) is 30.4 Å². The number of carbonyl (C=O) groups is 1. The van der Waals surface area contributed by atoms with E-state index < -0.39 is 31.6 Å². The molecular weight excluding hydrogens is 532 g/mol. The second kappa shape index (κ2) is 10.8. The normalized spacial score (nSPS) is 11.5. The van der Waals surface area contributed by atoms with Crippen molar-refractivity contribution in [2.24, 2.45) is 0 Å². The molecule has 0 radical (unpaired) electrons. The Morgan fingerprint density at radius 2 is 1.82 bits per heavy atom. The van der Waals surface area contributed by atoms with E-state index in [-0.39, 0.29) is 11.6 Å². The lowest BCUT2D eigenvalue weighted by Gasteiger charge is -2.11. The first-order chi connectivity index (χ1) is 18.0. The second-order valence-electron chi connectivity index (χ2n) is 8.62. The summed E-state index contributed by atoms with van der Waals surface area (Å²) in [5.41, 5.74) is 4.92. The van der Waals surface area contributed by atoms with E-state index in [2.05, 4.69) is 5.32 Å². The van der Waals surface area contributed by atoms with Crippen LogP contribution in [0.25, 0.3) is 16.9 Å². The van der Waals surface area contributed by atoms with Crippen LogP contribution in [0.3, 0.4) is 0 Å². The average molecular weight is 557 g/mol. The first-order valence-electron chi connectivity index (χ1n) is 11.7. The fraction of sp³-hybridized carbons (Fsp3) is 0.240. The number of benzene rings is 2. The minimum atomic E-state index is -4.33.